The van der Waals surface area contributed by atoms with E-state index in [2.05, 4.69) is 30.8 Å². The van der Waals surface area contributed by atoms with Gasteiger partial charge in [0, 0.05) is 29.7 Å². The Hall–Kier alpha value is -3.78. The number of benzene rings is 1. The average molecular weight is 392 g/mol. The molecule has 0 aliphatic rings. The summed E-state index contributed by atoms with van der Waals surface area (Å²) in [6.45, 7) is 0. The third-order valence-electron chi connectivity index (χ3n) is 3.90. The van der Waals surface area contributed by atoms with Gasteiger partial charge in [-0.25, -0.2) is 9.78 Å². The first-order valence-corrected chi connectivity index (χ1v) is 8.68. The van der Waals surface area contributed by atoms with E-state index in [4.69, 9.17) is 11.6 Å². The second kappa shape index (κ2) is 7.85. The smallest absolute Gasteiger partial charge is 0.275 e. The minimum Gasteiger partial charge on any atom is -0.275 e. The van der Waals surface area contributed by atoms with Crippen LogP contribution >= 0.6 is 11.6 Å². The molecule has 0 bridgehead atoms. The number of para-hydroxylation sites is 1. The van der Waals surface area contributed by atoms with Gasteiger partial charge < -0.3 is 0 Å². The number of hydrazone groups is 1. The van der Waals surface area contributed by atoms with Crippen molar-refractivity contribution in [2.24, 2.45) is 5.10 Å². The van der Waals surface area contributed by atoms with Crippen LogP contribution in [0, 0.1) is 0 Å². The van der Waals surface area contributed by atoms with Crippen molar-refractivity contribution in [3.63, 3.8) is 0 Å². The molecule has 9 heteroatoms. The van der Waals surface area contributed by atoms with E-state index in [1.165, 1.54) is 6.20 Å². The standard InChI is InChI=1S/C19H14ClN7O/c20-17-16(11-23-25-19(17)28)24-22-10-14-12-27(15-4-2-1-3-5-15)26-18(14)13-6-8-21-9-7-13/h1-12H,(H2,24,25,28)/b22-10-. The lowest BCUT2D eigenvalue weighted by Crippen LogP contribution is -2.10. The number of pyridine rings is 1. The Morgan fingerprint density at radius 2 is 1.93 bits per heavy atom. The normalized spacial score (nSPS) is 11.0. The fourth-order valence-corrected chi connectivity index (χ4v) is 2.70. The number of hydrogen-bond donors (Lipinski definition) is 2. The van der Waals surface area contributed by atoms with Crippen LogP contribution in [-0.2, 0) is 0 Å². The SMILES string of the molecule is O=c1[nH]ncc(N/N=C\c2cn(-c3ccccc3)nc2-c2ccncc2)c1Cl. The maximum Gasteiger partial charge on any atom is 0.285 e. The molecule has 4 aromatic rings. The summed E-state index contributed by atoms with van der Waals surface area (Å²) in [6.07, 6.45) is 8.28. The second-order valence-corrected chi connectivity index (χ2v) is 6.12. The van der Waals surface area contributed by atoms with Crippen LogP contribution < -0.4 is 11.0 Å². The summed E-state index contributed by atoms with van der Waals surface area (Å²) in [5, 5.41) is 14.8. The molecule has 0 unspecified atom stereocenters. The zero-order valence-corrected chi connectivity index (χ0v) is 15.2. The number of nitrogens with one attached hydrogen (secondary N) is 2. The molecule has 0 amide bonds. The number of rotatable bonds is 5. The Morgan fingerprint density at radius 1 is 1.14 bits per heavy atom. The number of halogens is 1. The first kappa shape index (κ1) is 17.6. The lowest BCUT2D eigenvalue weighted by molar-refractivity contribution is 0.884. The molecule has 28 heavy (non-hydrogen) atoms. The minimum absolute atomic E-state index is 0.0125. The van der Waals surface area contributed by atoms with Crippen LogP contribution in [0.15, 0.2) is 77.1 Å². The van der Waals surface area contributed by atoms with Crippen LogP contribution in [0.25, 0.3) is 16.9 Å². The van der Waals surface area contributed by atoms with Crippen LogP contribution in [0.1, 0.15) is 5.56 Å². The summed E-state index contributed by atoms with van der Waals surface area (Å²) in [5.74, 6) is 0. The highest BCUT2D eigenvalue weighted by molar-refractivity contribution is 6.32. The largest absolute Gasteiger partial charge is 0.285 e. The molecule has 8 nitrogen and oxygen atoms in total. The molecule has 0 atom stereocenters. The van der Waals surface area contributed by atoms with E-state index < -0.39 is 5.56 Å². The molecule has 2 N–H and O–H groups in total. The van der Waals surface area contributed by atoms with Crippen LogP contribution in [-0.4, -0.2) is 31.2 Å². The fourth-order valence-electron chi connectivity index (χ4n) is 2.56. The first-order chi connectivity index (χ1) is 13.7. The van der Waals surface area contributed by atoms with Gasteiger partial charge in [0.15, 0.2) is 0 Å². The molecule has 138 valence electrons. The van der Waals surface area contributed by atoms with Crippen molar-refractivity contribution in [3.05, 3.63) is 88.2 Å². The Bertz CT molecular complexity index is 1170. The molecule has 3 aromatic heterocycles. The zero-order chi connectivity index (χ0) is 19.3. The molecule has 3 heterocycles. The quantitative estimate of drug-likeness (QED) is 0.402. The van der Waals surface area contributed by atoms with Gasteiger partial charge in [0.25, 0.3) is 5.56 Å². The Kier molecular flexibility index (Phi) is 4.94. The second-order valence-electron chi connectivity index (χ2n) is 5.75. The molecule has 4 rings (SSSR count). The molecule has 0 saturated heterocycles. The van der Waals surface area contributed by atoms with Crippen molar-refractivity contribution in [3.8, 4) is 16.9 Å². The average Bonchev–Trinajstić information content (AvgIpc) is 3.17. The van der Waals surface area contributed by atoms with E-state index in [0.717, 1.165) is 22.5 Å². The van der Waals surface area contributed by atoms with E-state index in [1.54, 1.807) is 23.3 Å². The van der Waals surface area contributed by atoms with Gasteiger partial charge in [0.2, 0.25) is 0 Å². The molecular weight excluding hydrogens is 378 g/mol. The van der Waals surface area contributed by atoms with Crippen molar-refractivity contribution >= 4 is 23.5 Å². The molecule has 0 saturated carbocycles. The van der Waals surface area contributed by atoms with Crippen LogP contribution in [0.2, 0.25) is 5.02 Å². The molecule has 1 aromatic carbocycles. The maximum absolute atomic E-state index is 11.5. The van der Waals surface area contributed by atoms with Gasteiger partial charge in [0.1, 0.15) is 16.4 Å². The van der Waals surface area contributed by atoms with E-state index >= 15 is 0 Å². The Balaban J connectivity index is 1.70. The van der Waals surface area contributed by atoms with Crippen LogP contribution in [0.5, 0.6) is 0 Å². The highest BCUT2D eigenvalue weighted by Gasteiger charge is 2.11. The van der Waals surface area contributed by atoms with Gasteiger partial charge in [-0.05, 0) is 24.3 Å². The highest BCUT2D eigenvalue weighted by atomic mass is 35.5. The summed E-state index contributed by atoms with van der Waals surface area (Å²) in [7, 11) is 0. The van der Waals surface area contributed by atoms with Crippen LogP contribution in [0.3, 0.4) is 0 Å². The Labute approximate surface area is 164 Å². The highest BCUT2D eigenvalue weighted by Crippen LogP contribution is 2.22. The van der Waals surface area contributed by atoms with E-state index in [-0.39, 0.29) is 5.02 Å². The number of anilines is 1. The number of nitrogens with zero attached hydrogens (tertiary/aromatic N) is 5. The third-order valence-corrected chi connectivity index (χ3v) is 4.28. The summed E-state index contributed by atoms with van der Waals surface area (Å²) in [4.78, 5) is 15.6. The lowest BCUT2D eigenvalue weighted by Gasteiger charge is -2.01. The number of aromatic nitrogens is 5. The third kappa shape index (κ3) is 3.67. The monoisotopic (exact) mass is 391 g/mol. The molecular formula is C19H14ClN7O. The van der Waals surface area contributed by atoms with Crippen molar-refractivity contribution in [1.82, 2.24) is 25.0 Å². The molecule has 0 fully saturated rings. The van der Waals surface area contributed by atoms with Crippen molar-refractivity contribution in [2.45, 2.75) is 0 Å². The van der Waals surface area contributed by atoms with Gasteiger partial charge in [-0.1, -0.05) is 29.8 Å². The number of H-pyrrole nitrogens is 1. The summed E-state index contributed by atoms with van der Waals surface area (Å²) < 4.78 is 1.78. The van der Waals surface area contributed by atoms with Gasteiger partial charge in [-0.15, -0.1) is 0 Å². The van der Waals surface area contributed by atoms with Crippen LogP contribution in [0.4, 0.5) is 5.69 Å². The molecule has 0 aliphatic heterocycles. The first-order valence-electron chi connectivity index (χ1n) is 8.30. The maximum atomic E-state index is 11.5. The van der Waals surface area contributed by atoms with Gasteiger partial charge in [0.05, 0.1) is 18.1 Å². The number of hydrogen-bond acceptors (Lipinski definition) is 6. The van der Waals surface area contributed by atoms with E-state index in [9.17, 15) is 4.79 Å². The zero-order valence-electron chi connectivity index (χ0n) is 14.5. The van der Waals surface area contributed by atoms with Gasteiger partial charge in [-0.2, -0.15) is 15.3 Å². The lowest BCUT2D eigenvalue weighted by atomic mass is 10.1. The molecule has 0 radical (unpaired) electrons. The summed E-state index contributed by atoms with van der Waals surface area (Å²) >= 11 is 5.94. The predicted octanol–water partition coefficient (Wildman–Crippen LogP) is 3.12. The summed E-state index contributed by atoms with van der Waals surface area (Å²) in [5.41, 5.74) is 5.90. The Morgan fingerprint density at radius 3 is 2.71 bits per heavy atom. The minimum atomic E-state index is -0.490. The van der Waals surface area contributed by atoms with Crippen molar-refractivity contribution in [1.29, 1.82) is 0 Å². The van der Waals surface area contributed by atoms with Gasteiger partial charge >= 0.3 is 0 Å². The number of aromatic amines is 1. The van der Waals surface area contributed by atoms with E-state index in [1.807, 2.05) is 48.7 Å². The molecule has 0 aliphatic carbocycles. The topological polar surface area (TPSA) is 101 Å². The fraction of sp³-hybridized carbons (Fsp3) is 0. The molecule has 0 spiro atoms. The van der Waals surface area contributed by atoms with Crippen molar-refractivity contribution in [2.75, 3.05) is 5.43 Å². The van der Waals surface area contributed by atoms with Gasteiger partial charge in [-0.3, -0.25) is 15.2 Å². The van der Waals surface area contributed by atoms with E-state index in [0.29, 0.717) is 5.69 Å². The van der Waals surface area contributed by atoms with Crippen molar-refractivity contribution < 1.29 is 0 Å². The summed E-state index contributed by atoms with van der Waals surface area (Å²) in [6, 6.07) is 13.5. The predicted molar refractivity (Wildman–Crippen MR) is 108 cm³/mol.